The Kier molecular flexibility index (Phi) is 4.27. The Bertz CT molecular complexity index is 745. The van der Waals surface area contributed by atoms with Crippen LogP contribution in [0.1, 0.15) is 26.3 Å². The largest absolute Gasteiger partial charge is 0.478 e. The first-order valence-electron chi connectivity index (χ1n) is 5.84. The molecule has 4 nitrogen and oxygen atoms in total. The third-order valence-corrected chi connectivity index (χ3v) is 2.91. The van der Waals surface area contributed by atoms with Crippen molar-refractivity contribution in [2.75, 3.05) is 0 Å². The number of carboxylic acids is 1. The fourth-order valence-electron chi connectivity index (χ4n) is 1.77. The molecule has 1 N–H and O–H groups in total. The molecule has 0 unspecified atom stereocenters. The number of ether oxygens (including phenoxy) is 1. The van der Waals surface area contributed by atoms with E-state index in [9.17, 15) is 9.59 Å². The predicted octanol–water partition coefficient (Wildman–Crippen LogP) is 3.54. The maximum Gasteiger partial charge on any atom is 0.337 e. The maximum atomic E-state index is 11.5. The average Bonchev–Trinajstić information content (AvgIpc) is 2.47. The van der Waals surface area contributed by atoms with Gasteiger partial charge in [-0.15, -0.1) is 6.42 Å². The van der Waals surface area contributed by atoms with E-state index in [2.05, 4.69) is 5.92 Å². The van der Waals surface area contributed by atoms with Gasteiger partial charge < -0.3 is 9.84 Å². The van der Waals surface area contributed by atoms with Crippen LogP contribution in [0, 0.1) is 12.3 Å². The minimum absolute atomic E-state index is 0.0125. The van der Waals surface area contributed by atoms with Gasteiger partial charge in [-0.05, 0) is 35.9 Å². The number of carbonyl (C=O) groups is 2. The number of para-hydroxylation sites is 1. The van der Waals surface area contributed by atoms with Crippen LogP contribution in [0.15, 0.2) is 42.5 Å². The van der Waals surface area contributed by atoms with Gasteiger partial charge in [-0.3, -0.25) is 4.79 Å². The van der Waals surface area contributed by atoms with Crippen LogP contribution >= 0.6 is 11.6 Å². The lowest BCUT2D eigenvalue weighted by Gasteiger charge is -2.13. The molecule has 0 saturated carbocycles. The Morgan fingerprint density at radius 2 is 1.71 bits per heavy atom. The highest BCUT2D eigenvalue weighted by Gasteiger charge is 2.21. The van der Waals surface area contributed by atoms with E-state index in [4.69, 9.17) is 27.9 Å². The molecule has 0 spiro atoms. The monoisotopic (exact) mass is 300 g/mol. The molecule has 104 valence electrons. The lowest BCUT2D eigenvalue weighted by atomic mass is 10.0. The normalized spacial score (nSPS) is 9.71. The van der Waals surface area contributed by atoms with E-state index < -0.39 is 11.2 Å². The highest BCUT2D eigenvalue weighted by molar-refractivity contribution is 6.68. The highest BCUT2D eigenvalue weighted by atomic mass is 35.5. The van der Waals surface area contributed by atoms with Gasteiger partial charge in [-0.2, -0.15) is 0 Å². The van der Waals surface area contributed by atoms with Gasteiger partial charge in [0.05, 0.1) is 16.7 Å². The number of rotatable bonds is 4. The second-order valence-corrected chi connectivity index (χ2v) is 4.35. The van der Waals surface area contributed by atoms with E-state index in [1.54, 1.807) is 30.3 Å². The number of hydrogen-bond acceptors (Lipinski definition) is 3. The molecule has 5 heteroatoms. The molecule has 0 fully saturated rings. The van der Waals surface area contributed by atoms with E-state index in [0.29, 0.717) is 5.75 Å². The Morgan fingerprint density at radius 1 is 1.10 bits per heavy atom. The molecule has 0 atom stereocenters. The molecule has 21 heavy (non-hydrogen) atoms. The highest BCUT2D eigenvalue weighted by Crippen LogP contribution is 2.32. The van der Waals surface area contributed by atoms with Gasteiger partial charge in [0, 0.05) is 0 Å². The molecule has 0 amide bonds. The van der Waals surface area contributed by atoms with Crippen molar-refractivity contribution in [3.05, 3.63) is 59.2 Å². The van der Waals surface area contributed by atoms with Gasteiger partial charge in [-0.25, -0.2) is 4.79 Å². The molecule has 2 aromatic carbocycles. The lowest BCUT2D eigenvalue weighted by molar-refractivity contribution is 0.0695. The van der Waals surface area contributed by atoms with Gasteiger partial charge in [-0.1, -0.05) is 24.1 Å². The summed E-state index contributed by atoms with van der Waals surface area (Å²) in [5.74, 6) is 1.41. The number of carbonyl (C=O) groups excluding carboxylic acids is 1. The van der Waals surface area contributed by atoms with Crippen LogP contribution in [-0.4, -0.2) is 16.3 Å². The zero-order valence-corrected chi connectivity index (χ0v) is 11.4. The first-order chi connectivity index (χ1) is 10.0. The zero-order chi connectivity index (χ0) is 15.4. The van der Waals surface area contributed by atoms with Crippen molar-refractivity contribution < 1.29 is 19.4 Å². The second-order valence-electron chi connectivity index (χ2n) is 4.00. The van der Waals surface area contributed by atoms with E-state index in [-0.39, 0.29) is 22.4 Å². The van der Waals surface area contributed by atoms with Crippen LogP contribution in [0.25, 0.3) is 0 Å². The first-order valence-corrected chi connectivity index (χ1v) is 6.22. The van der Waals surface area contributed by atoms with Gasteiger partial charge in [0.2, 0.25) is 0 Å². The van der Waals surface area contributed by atoms with Crippen LogP contribution in [0.3, 0.4) is 0 Å². The molecular weight excluding hydrogens is 292 g/mol. The summed E-state index contributed by atoms with van der Waals surface area (Å²) in [6, 6.07) is 11.0. The van der Waals surface area contributed by atoms with Crippen molar-refractivity contribution in [3.8, 4) is 23.8 Å². The first kappa shape index (κ1) is 14.6. The summed E-state index contributed by atoms with van der Waals surface area (Å²) in [7, 11) is 0. The Hall–Kier alpha value is -2.77. The molecular formula is C16H9ClO4. The van der Waals surface area contributed by atoms with Crippen LogP contribution in [0.5, 0.6) is 11.5 Å². The molecule has 2 aromatic rings. The third kappa shape index (κ3) is 3.04. The van der Waals surface area contributed by atoms with Crippen molar-refractivity contribution in [2.24, 2.45) is 0 Å². The molecule has 0 saturated heterocycles. The van der Waals surface area contributed by atoms with Crippen molar-refractivity contribution in [1.82, 2.24) is 0 Å². The second kappa shape index (κ2) is 6.12. The number of carboxylic acid groups (broad SMARTS) is 1. The average molecular weight is 301 g/mol. The summed E-state index contributed by atoms with van der Waals surface area (Å²) >= 11 is 5.50. The van der Waals surface area contributed by atoms with Crippen molar-refractivity contribution in [3.63, 3.8) is 0 Å². The third-order valence-electron chi connectivity index (χ3n) is 2.71. The number of terminal acetylenes is 1. The van der Waals surface area contributed by atoms with E-state index >= 15 is 0 Å². The minimum Gasteiger partial charge on any atom is -0.478 e. The van der Waals surface area contributed by atoms with E-state index in [0.717, 1.165) is 0 Å². The van der Waals surface area contributed by atoms with Crippen molar-refractivity contribution in [1.29, 1.82) is 0 Å². The van der Waals surface area contributed by atoms with Crippen LogP contribution in [-0.2, 0) is 0 Å². The standard InChI is InChI=1S/C16H9ClO4/c1-2-11-12(16(19)20)8-9-13(15(17)18)14(11)21-10-6-4-3-5-7-10/h1,3-9H,(H,19,20). The SMILES string of the molecule is C#Cc1c(C(=O)O)ccc(C(=O)Cl)c1Oc1ccccc1. The molecule has 2 rings (SSSR count). The number of halogens is 1. The molecule has 0 aliphatic rings. The fourth-order valence-corrected chi connectivity index (χ4v) is 1.92. The van der Waals surface area contributed by atoms with Crippen LogP contribution in [0.4, 0.5) is 0 Å². The molecule has 0 bridgehead atoms. The Morgan fingerprint density at radius 3 is 2.24 bits per heavy atom. The summed E-state index contributed by atoms with van der Waals surface area (Å²) in [5, 5.41) is 8.36. The molecule has 0 radical (unpaired) electrons. The molecule has 0 aliphatic carbocycles. The minimum atomic E-state index is -1.21. The topological polar surface area (TPSA) is 63.6 Å². The molecule has 0 aliphatic heterocycles. The number of hydrogen-bond donors (Lipinski definition) is 1. The summed E-state index contributed by atoms with van der Waals surface area (Å²) in [4.78, 5) is 22.7. The van der Waals surface area contributed by atoms with Crippen LogP contribution in [0.2, 0.25) is 0 Å². The Balaban J connectivity index is 2.65. The van der Waals surface area contributed by atoms with Gasteiger partial charge >= 0.3 is 5.97 Å². The van der Waals surface area contributed by atoms with E-state index in [1.165, 1.54) is 12.1 Å². The molecule has 0 heterocycles. The number of aromatic carboxylic acids is 1. The summed E-state index contributed by atoms with van der Waals surface area (Å²) < 4.78 is 5.57. The quantitative estimate of drug-likeness (QED) is 0.693. The fraction of sp³-hybridized carbons (Fsp3) is 0. The van der Waals surface area contributed by atoms with Crippen molar-refractivity contribution >= 4 is 22.8 Å². The lowest BCUT2D eigenvalue weighted by Crippen LogP contribution is -2.06. The maximum absolute atomic E-state index is 11.5. The summed E-state index contributed by atoms with van der Waals surface area (Å²) in [6.07, 6.45) is 5.36. The smallest absolute Gasteiger partial charge is 0.337 e. The summed E-state index contributed by atoms with van der Waals surface area (Å²) in [6.45, 7) is 0. The van der Waals surface area contributed by atoms with Crippen LogP contribution < -0.4 is 4.74 Å². The predicted molar refractivity (Wildman–Crippen MR) is 78.0 cm³/mol. The number of benzene rings is 2. The van der Waals surface area contributed by atoms with E-state index in [1.807, 2.05) is 0 Å². The van der Waals surface area contributed by atoms with Gasteiger partial charge in [0.15, 0.2) is 5.75 Å². The van der Waals surface area contributed by atoms with Gasteiger partial charge in [0.25, 0.3) is 5.24 Å². The van der Waals surface area contributed by atoms with Gasteiger partial charge in [0.1, 0.15) is 5.75 Å². The van der Waals surface area contributed by atoms with Crippen molar-refractivity contribution in [2.45, 2.75) is 0 Å². The Labute approximate surface area is 125 Å². The summed E-state index contributed by atoms with van der Waals surface area (Å²) in [5.41, 5.74) is -0.151. The molecule has 0 aromatic heterocycles. The zero-order valence-electron chi connectivity index (χ0n) is 10.7.